The minimum Gasteiger partial charge on any atom is -0.324 e. The highest BCUT2D eigenvalue weighted by molar-refractivity contribution is 6.10. The van der Waals surface area contributed by atoms with E-state index in [1.807, 2.05) is 36.4 Å². The second kappa shape index (κ2) is 28.1. The van der Waals surface area contributed by atoms with Gasteiger partial charge in [0.1, 0.15) is 35.9 Å². The molecule has 0 aliphatic rings. The zero-order valence-corrected chi connectivity index (χ0v) is 46.7. The third-order valence-corrected chi connectivity index (χ3v) is 15.6. The van der Waals surface area contributed by atoms with E-state index in [0.717, 1.165) is 116 Å². The van der Waals surface area contributed by atoms with Gasteiger partial charge in [0.05, 0.1) is 44.3 Å². The first-order chi connectivity index (χ1) is 39.5. The van der Waals surface area contributed by atoms with Gasteiger partial charge in [-0.15, -0.1) is 0 Å². The highest BCUT2D eigenvalue weighted by atomic mass is 15.1. The van der Waals surface area contributed by atoms with Gasteiger partial charge in [-0.1, -0.05) is 226 Å². The van der Waals surface area contributed by atoms with Gasteiger partial charge in [0.2, 0.25) is 0 Å². The maximum Gasteiger partial charge on any atom is 0.141 e. The van der Waals surface area contributed by atoms with Gasteiger partial charge >= 0.3 is 0 Å². The third-order valence-electron chi connectivity index (χ3n) is 15.6. The minimum absolute atomic E-state index is 0.339. The lowest BCUT2D eigenvalue weighted by molar-refractivity contribution is 0.539. The maximum absolute atomic E-state index is 9.92. The number of nitriles is 4. The Kier molecular flexibility index (Phi) is 19.6. The van der Waals surface area contributed by atoms with Crippen molar-refractivity contribution < 1.29 is 0 Å². The van der Waals surface area contributed by atoms with E-state index >= 15 is 0 Å². The van der Waals surface area contributed by atoms with Crippen molar-refractivity contribution in [2.45, 2.75) is 155 Å². The number of imidazole rings is 2. The maximum atomic E-state index is 9.92. The summed E-state index contributed by atoms with van der Waals surface area (Å²) in [6.45, 7) is 6.07. The number of aryl methyl sites for hydroxylation is 2. The number of aromatic nitrogens is 4. The van der Waals surface area contributed by atoms with Crippen molar-refractivity contribution in [2.24, 2.45) is 0 Å². The highest BCUT2D eigenvalue weighted by Gasteiger charge is 2.19. The second-order valence-electron chi connectivity index (χ2n) is 21.3. The normalized spacial score (nSPS) is 11.0. The molecule has 2 aromatic heterocycles. The van der Waals surface area contributed by atoms with E-state index < -0.39 is 0 Å². The first-order valence-corrected chi connectivity index (χ1v) is 29.3. The third kappa shape index (κ3) is 13.3. The van der Waals surface area contributed by atoms with Gasteiger partial charge in [-0.2, -0.15) is 21.0 Å². The van der Waals surface area contributed by atoms with Crippen molar-refractivity contribution in [1.82, 2.24) is 19.1 Å². The molecular formula is C72H70N8. The van der Waals surface area contributed by atoms with Crippen molar-refractivity contribution >= 4 is 43.6 Å². The van der Waals surface area contributed by atoms with Gasteiger partial charge < -0.3 is 9.13 Å². The summed E-state index contributed by atoms with van der Waals surface area (Å²) >= 11 is 0. The molecule has 9 aromatic rings. The Labute approximate surface area is 473 Å². The van der Waals surface area contributed by atoms with Crippen LogP contribution in [0.25, 0.3) is 66.4 Å². The average Bonchev–Trinajstić information content (AvgIpc) is 4.09. The molecule has 0 N–H and O–H groups in total. The standard InChI is InChI=1S/C72H70N8/c1-3-5-7-9-11-13-15-17-19-25-43-79-69-47-59(51-75)57(49-73)45-67(69)77-71(79)55-37-31-53(32-38-55)35-41-65-61-27-21-23-29-63(61)66(64-30-24-22-28-62(64)65)42-36-54-33-39-56(40-34-54)72-78-68-46-58(50-74)60(52-76)48-70(68)80(72)44-26-20-18-16-14-12-10-8-6-4-2/h21-24,27-34,37-40,45-48H,3-20,25-26,43-44H2,1-2H3. The molecule has 80 heavy (non-hydrogen) atoms. The molecule has 0 aliphatic carbocycles. The lowest BCUT2D eigenvalue weighted by Crippen LogP contribution is -2.01. The molecule has 8 nitrogen and oxygen atoms in total. The average molecular weight is 1050 g/mol. The highest BCUT2D eigenvalue weighted by Crippen LogP contribution is 2.34. The zero-order valence-electron chi connectivity index (χ0n) is 46.7. The fraction of sp³-hybridized carbons (Fsp3) is 0.333. The number of rotatable bonds is 24. The lowest BCUT2D eigenvalue weighted by Gasteiger charge is -2.11. The van der Waals surface area contributed by atoms with Crippen LogP contribution in [0.2, 0.25) is 0 Å². The summed E-state index contributed by atoms with van der Waals surface area (Å²) in [5.41, 5.74) is 10.1. The molecule has 0 spiro atoms. The molecule has 7 aromatic carbocycles. The predicted octanol–water partition coefficient (Wildman–Crippen LogP) is 18.2. The van der Waals surface area contributed by atoms with Crippen LogP contribution in [0.3, 0.4) is 0 Å². The molecule has 0 saturated heterocycles. The topological polar surface area (TPSA) is 131 Å². The van der Waals surface area contributed by atoms with Crippen molar-refractivity contribution in [1.29, 1.82) is 21.0 Å². The molecule has 0 unspecified atom stereocenters. The smallest absolute Gasteiger partial charge is 0.141 e. The zero-order chi connectivity index (χ0) is 55.5. The quantitative estimate of drug-likeness (QED) is 0.0336. The van der Waals surface area contributed by atoms with Crippen molar-refractivity contribution in [3.8, 4) is 70.7 Å². The molecule has 0 saturated carbocycles. The van der Waals surface area contributed by atoms with Crippen molar-refractivity contribution in [3.63, 3.8) is 0 Å². The molecule has 2 heterocycles. The first kappa shape index (κ1) is 55.8. The van der Waals surface area contributed by atoms with Crippen LogP contribution >= 0.6 is 0 Å². The van der Waals surface area contributed by atoms with E-state index in [1.54, 1.807) is 12.1 Å². The molecule has 0 radical (unpaired) electrons. The van der Waals surface area contributed by atoms with Gasteiger partial charge in [0.15, 0.2) is 0 Å². The van der Waals surface area contributed by atoms with Crippen LogP contribution in [-0.4, -0.2) is 19.1 Å². The Morgan fingerprint density at radius 3 is 0.963 bits per heavy atom. The molecule has 0 atom stereocenters. The summed E-state index contributed by atoms with van der Waals surface area (Å²) in [7, 11) is 0. The monoisotopic (exact) mass is 1050 g/mol. The van der Waals surface area contributed by atoms with E-state index in [4.69, 9.17) is 9.97 Å². The Bertz CT molecular complexity index is 3620. The van der Waals surface area contributed by atoms with Crippen LogP contribution < -0.4 is 0 Å². The summed E-state index contributed by atoms with van der Waals surface area (Å²) in [4.78, 5) is 10.1. The van der Waals surface area contributed by atoms with Gasteiger partial charge in [0.25, 0.3) is 0 Å². The van der Waals surface area contributed by atoms with Crippen LogP contribution in [0.1, 0.15) is 187 Å². The molecule has 0 fully saturated rings. The molecule has 8 heteroatoms. The molecule has 0 amide bonds. The van der Waals surface area contributed by atoms with Crippen LogP contribution in [0.4, 0.5) is 0 Å². The van der Waals surface area contributed by atoms with Crippen molar-refractivity contribution in [3.05, 3.63) is 166 Å². The van der Waals surface area contributed by atoms with E-state index in [2.05, 4.69) is 144 Å². The van der Waals surface area contributed by atoms with Gasteiger partial charge in [-0.25, -0.2) is 9.97 Å². The number of nitrogens with zero attached hydrogens (tertiary/aromatic N) is 8. The van der Waals surface area contributed by atoms with Crippen LogP contribution in [0.5, 0.6) is 0 Å². The fourth-order valence-corrected chi connectivity index (χ4v) is 11.2. The van der Waals surface area contributed by atoms with Crippen LogP contribution in [0, 0.1) is 69.0 Å². The molecule has 9 rings (SSSR count). The number of benzene rings is 7. The lowest BCUT2D eigenvalue weighted by atomic mass is 9.92. The minimum atomic E-state index is 0.339. The SMILES string of the molecule is CCCCCCCCCCCCn1c(-c2ccc(C#Cc3c4ccccc4c(C#Cc4ccc(-c5nc6cc(C#N)c(C#N)cc6n5CCCCCCCCCCCC)cc4)c4ccccc34)cc2)nc2cc(C#N)c(C#N)cc21. The fourth-order valence-electron chi connectivity index (χ4n) is 11.2. The largest absolute Gasteiger partial charge is 0.324 e. The second-order valence-corrected chi connectivity index (χ2v) is 21.3. The summed E-state index contributed by atoms with van der Waals surface area (Å²) in [6, 6.07) is 49.2. The number of fused-ring (bicyclic) bond motifs is 4. The van der Waals surface area contributed by atoms with E-state index in [0.29, 0.717) is 33.3 Å². The number of hydrogen-bond donors (Lipinski definition) is 0. The van der Waals surface area contributed by atoms with Crippen LogP contribution in [0.15, 0.2) is 121 Å². The van der Waals surface area contributed by atoms with E-state index in [1.165, 1.54) is 103 Å². The first-order valence-electron chi connectivity index (χ1n) is 29.3. The molecule has 398 valence electrons. The summed E-state index contributed by atoms with van der Waals surface area (Å²) < 4.78 is 4.44. The summed E-state index contributed by atoms with van der Waals surface area (Å²) in [5.74, 6) is 15.8. The molecule has 0 bridgehead atoms. The van der Waals surface area contributed by atoms with Gasteiger partial charge in [0, 0.05) is 46.5 Å². The van der Waals surface area contributed by atoms with Gasteiger partial charge in [-0.05, 0) is 82.9 Å². The Morgan fingerprint density at radius 2 is 0.650 bits per heavy atom. The van der Waals surface area contributed by atoms with Crippen LogP contribution in [-0.2, 0) is 13.1 Å². The molecular weight excluding hydrogens is 977 g/mol. The predicted molar refractivity (Wildman–Crippen MR) is 326 cm³/mol. The molecule has 0 aliphatic heterocycles. The van der Waals surface area contributed by atoms with E-state index in [-0.39, 0.29) is 0 Å². The Balaban J connectivity index is 0.950. The summed E-state index contributed by atoms with van der Waals surface area (Å²) in [5, 5.41) is 43.6. The van der Waals surface area contributed by atoms with Gasteiger partial charge in [-0.3, -0.25) is 0 Å². The Hall–Kier alpha value is -8.92. The number of unbranched alkanes of at least 4 members (excludes halogenated alkanes) is 18. The Morgan fingerprint density at radius 1 is 0.350 bits per heavy atom. The number of hydrogen-bond acceptors (Lipinski definition) is 6. The van der Waals surface area contributed by atoms with Crippen molar-refractivity contribution in [2.75, 3.05) is 0 Å². The van der Waals surface area contributed by atoms with E-state index in [9.17, 15) is 21.0 Å². The summed E-state index contributed by atoms with van der Waals surface area (Å²) in [6.07, 6.45) is 24.9.